The number of hydrogen-bond acceptors (Lipinski definition) is 4. The molecule has 2 heterocycles. The number of carbonyl (C=O) groups is 1. The number of carbonyl (C=O) groups excluding carboxylic acids is 1. The van der Waals surface area contributed by atoms with Crippen LogP contribution in [0, 0.1) is 0 Å². The fourth-order valence-corrected chi connectivity index (χ4v) is 1.53. The molecule has 1 fully saturated rings. The molecule has 0 bridgehead atoms. The Kier molecular flexibility index (Phi) is 2.41. The fourth-order valence-electron chi connectivity index (χ4n) is 1.53. The maximum Gasteiger partial charge on any atom is 0.239 e. The van der Waals surface area contributed by atoms with Gasteiger partial charge in [0.15, 0.2) is 0 Å². The number of hydrogen-bond donors (Lipinski definition) is 1. The summed E-state index contributed by atoms with van der Waals surface area (Å²) in [6.45, 7) is 1.26. The SMILES string of the molecule is NC1CCN(Cc2ccncn2)C1=O. The summed E-state index contributed by atoms with van der Waals surface area (Å²) in [5.41, 5.74) is 6.45. The first kappa shape index (κ1) is 9.08. The first-order valence-corrected chi connectivity index (χ1v) is 4.56. The van der Waals surface area contributed by atoms with E-state index in [1.54, 1.807) is 17.2 Å². The van der Waals surface area contributed by atoms with Gasteiger partial charge in [-0.1, -0.05) is 0 Å². The van der Waals surface area contributed by atoms with Crippen LogP contribution in [0.15, 0.2) is 18.6 Å². The second-order valence-electron chi connectivity index (χ2n) is 3.36. The Morgan fingerprint density at radius 1 is 1.64 bits per heavy atom. The molecule has 2 N–H and O–H groups in total. The van der Waals surface area contributed by atoms with Gasteiger partial charge < -0.3 is 10.6 Å². The zero-order chi connectivity index (χ0) is 9.97. The lowest BCUT2D eigenvalue weighted by atomic mass is 10.3. The number of likely N-dealkylation sites (tertiary alicyclic amines) is 1. The maximum absolute atomic E-state index is 11.5. The minimum absolute atomic E-state index is 0.0172. The zero-order valence-corrected chi connectivity index (χ0v) is 7.76. The standard InChI is InChI=1S/C9H12N4O/c10-8-2-4-13(9(8)14)5-7-1-3-11-6-12-7/h1,3,6,8H,2,4-5,10H2. The van der Waals surface area contributed by atoms with Crippen molar-refractivity contribution in [3.8, 4) is 0 Å². The van der Waals surface area contributed by atoms with E-state index in [9.17, 15) is 4.79 Å². The highest BCUT2D eigenvalue weighted by atomic mass is 16.2. The van der Waals surface area contributed by atoms with Crippen LogP contribution < -0.4 is 5.73 Å². The Morgan fingerprint density at radius 2 is 2.50 bits per heavy atom. The van der Waals surface area contributed by atoms with Crippen LogP contribution >= 0.6 is 0 Å². The van der Waals surface area contributed by atoms with Crippen molar-refractivity contribution in [2.45, 2.75) is 19.0 Å². The van der Waals surface area contributed by atoms with E-state index in [1.165, 1.54) is 6.33 Å². The lowest BCUT2D eigenvalue weighted by Crippen LogP contribution is -2.33. The van der Waals surface area contributed by atoms with Gasteiger partial charge in [-0.05, 0) is 12.5 Å². The Bertz CT molecular complexity index is 327. The van der Waals surface area contributed by atoms with E-state index in [-0.39, 0.29) is 11.9 Å². The molecule has 14 heavy (non-hydrogen) atoms. The van der Waals surface area contributed by atoms with Crippen LogP contribution in [-0.2, 0) is 11.3 Å². The highest BCUT2D eigenvalue weighted by Gasteiger charge is 2.28. The van der Waals surface area contributed by atoms with E-state index < -0.39 is 0 Å². The molecule has 5 heteroatoms. The summed E-state index contributed by atoms with van der Waals surface area (Å²) in [5.74, 6) is 0.0172. The third-order valence-electron chi connectivity index (χ3n) is 2.33. The molecule has 0 radical (unpaired) electrons. The molecule has 0 saturated carbocycles. The van der Waals surface area contributed by atoms with Gasteiger partial charge in [0.2, 0.25) is 5.91 Å². The zero-order valence-electron chi connectivity index (χ0n) is 7.76. The molecule has 74 valence electrons. The third-order valence-corrected chi connectivity index (χ3v) is 2.33. The van der Waals surface area contributed by atoms with Crippen molar-refractivity contribution in [3.05, 3.63) is 24.3 Å². The average molecular weight is 192 g/mol. The van der Waals surface area contributed by atoms with Crippen molar-refractivity contribution >= 4 is 5.91 Å². The van der Waals surface area contributed by atoms with Gasteiger partial charge in [-0.25, -0.2) is 9.97 Å². The predicted octanol–water partition coefficient (Wildman–Crippen LogP) is -0.464. The molecule has 1 aliphatic heterocycles. The van der Waals surface area contributed by atoms with Gasteiger partial charge in [0, 0.05) is 12.7 Å². The summed E-state index contributed by atoms with van der Waals surface area (Å²) in [5, 5.41) is 0. The van der Waals surface area contributed by atoms with Crippen LogP contribution in [-0.4, -0.2) is 33.4 Å². The van der Waals surface area contributed by atoms with Gasteiger partial charge in [-0.3, -0.25) is 4.79 Å². The van der Waals surface area contributed by atoms with Crippen molar-refractivity contribution in [1.29, 1.82) is 0 Å². The normalized spacial score (nSPS) is 21.6. The molecule has 0 aliphatic carbocycles. The number of aromatic nitrogens is 2. The average Bonchev–Trinajstić information content (AvgIpc) is 2.52. The van der Waals surface area contributed by atoms with Crippen LogP contribution in [0.4, 0.5) is 0 Å². The molecule has 1 unspecified atom stereocenters. The van der Waals surface area contributed by atoms with Crippen molar-refractivity contribution < 1.29 is 4.79 Å². The Balaban J connectivity index is 2.02. The van der Waals surface area contributed by atoms with Gasteiger partial charge in [-0.15, -0.1) is 0 Å². The molecule has 1 aromatic rings. The van der Waals surface area contributed by atoms with Crippen molar-refractivity contribution in [1.82, 2.24) is 14.9 Å². The lowest BCUT2D eigenvalue weighted by molar-refractivity contribution is -0.129. The minimum atomic E-state index is -0.322. The molecule has 2 rings (SSSR count). The Hall–Kier alpha value is -1.49. The third kappa shape index (κ3) is 1.72. The fraction of sp³-hybridized carbons (Fsp3) is 0.444. The van der Waals surface area contributed by atoms with E-state index in [1.807, 2.05) is 0 Å². The monoisotopic (exact) mass is 192 g/mol. The van der Waals surface area contributed by atoms with E-state index in [4.69, 9.17) is 5.73 Å². The summed E-state index contributed by atoms with van der Waals surface area (Å²) >= 11 is 0. The highest BCUT2D eigenvalue weighted by molar-refractivity contribution is 5.83. The number of nitrogens with zero attached hydrogens (tertiary/aromatic N) is 3. The van der Waals surface area contributed by atoms with Crippen LogP contribution in [0.5, 0.6) is 0 Å². The van der Waals surface area contributed by atoms with Crippen LogP contribution in [0.3, 0.4) is 0 Å². The largest absolute Gasteiger partial charge is 0.335 e. The van der Waals surface area contributed by atoms with Gasteiger partial charge in [-0.2, -0.15) is 0 Å². The van der Waals surface area contributed by atoms with Crippen molar-refractivity contribution in [3.63, 3.8) is 0 Å². The summed E-state index contributed by atoms with van der Waals surface area (Å²) in [6.07, 6.45) is 3.89. The molecule has 1 aromatic heterocycles. The molecule has 1 atom stereocenters. The summed E-state index contributed by atoms with van der Waals surface area (Å²) in [7, 11) is 0. The van der Waals surface area contributed by atoms with E-state index in [0.29, 0.717) is 6.54 Å². The predicted molar refractivity (Wildman–Crippen MR) is 50.0 cm³/mol. The second-order valence-corrected chi connectivity index (χ2v) is 3.36. The second kappa shape index (κ2) is 3.71. The first-order valence-electron chi connectivity index (χ1n) is 4.56. The summed E-state index contributed by atoms with van der Waals surface area (Å²) in [4.78, 5) is 21.1. The van der Waals surface area contributed by atoms with Crippen molar-refractivity contribution in [2.24, 2.45) is 5.73 Å². The van der Waals surface area contributed by atoms with Gasteiger partial charge in [0.1, 0.15) is 6.33 Å². The molecule has 5 nitrogen and oxygen atoms in total. The molecular weight excluding hydrogens is 180 g/mol. The van der Waals surface area contributed by atoms with E-state index >= 15 is 0 Å². The number of rotatable bonds is 2. The molecule has 1 saturated heterocycles. The summed E-state index contributed by atoms with van der Waals surface area (Å²) in [6, 6.07) is 1.48. The van der Waals surface area contributed by atoms with E-state index in [0.717, 1.165) is 18.7 Å². The van der Waals surface area contributed by atoms with Gasteiger partial charge >= 0.3 is 0 Å². The molecule has 1 amide bonds. The van der Waals surface area contributed by atoms with Crippen LogP contribution in [0.25, 0.3) is 0 Å². The molecule has 0 spiro atoms. The van der Waals surface area contributed by atoms with Crippen molar-refractivity contribution in [2.75, 3.05) is 6.54 Å². The lowest BCUT2D eigenvalue weighted by Gasteiger charge is -2.14. The minimum Gasteiger partial charge on any atom is -0.335 e. The quantitative estimate of drug-likeness (QED) is 0.688. The van der Waals surface area contributed by atoms with Crippen LogP contribution in [0.1, 0.15) is 12.1 Å². The molecule has 0 aromatic carbocycles. The maximum atomic E-state index is 11.5. The van der Waals surface area contributed by atoms with Crippen LogP contribution in [0.2, 0.25) is 0 Å². The first-order chi connectivity index (χ1) is 6.77. The molecular formula is C9H12N4O. The highest BCUT2D eigenvalue weighted by Crippen LogP contribution is 2.11. The molecule has 1 aliphatic rings. The van der Waals surface area contributed by atoms with Gasteiger partial charge in [0.05, 0.1) is 18.3 Å². The smallest absolute Gasteiger partial charge is 0.239 e. The van der Waals surface area contributed by atoms with E-state index in [2.05, 4.69) is 9.97 Å². The number of amides is 1. The Morgan fingerprint density at radius 3 is 3.07 bits per heavy atom. The Labute approximate surface area is 82.0 Å². The topological polar surface area (TPSA) is 72.1 Å². The number of nitrogens with two attached hydrogens (primary N) is 1. The van der Waals surface area contributed by atoms with Gasteiger partial charge in [0.25, 0.3) is 0 Å². The summed E-state index contributed by atoms with van der Waals surface area (Å²) < 4.78 is 0.